The van der Waals surface area contributed by atoms with Gasteiger partial charge in [-0.25, -0.2) is 4.98 Å². The average Bonchev–Trinajstić information content (AvgIpc) is 3.09. The van der Waals surface area contributed by atoms with Crippen molar-refractivity contribution in [2.75, 3.05) is 0 Å². The van der Waals surface area contributed by atoms with Gasteiger partial charge in [0.05, 0.1) is 22.8 Å². The predicted molar refractivity (Wildman–Crippen MR) is 122 cm³/mol. The Bertz CT molecular complexity index is 1410. The second kappa shape index (κ2) is 6.51. The topological polar surface area (TPSA) is 25.8 Å². The minimum absolute atomic E-state index is 0.540. The molecule has 0 fully saturated rings. The number of rotatable bonds is 2. The first-order valence-corrected chi connectivity index (χ1v) is 10.3. The van der Waals surface area contributed by atoms with Crippen molar-refractivity contribution < 1.29 is 0 Å². The van der Waals surface area contributed by atoms with Crippen molar-refractivity contribution in [1.82, 2.24) is 9.97 Å². The van der Waals surface area contributed by atoms with Gasteiger partial charge in [0.2, 0.25) is 0 Å². The van der Waals surface area contributed by atoms with E-state index in [1.165, 1.54) is 22.3 Å². The van der Waals surface area contributed by atoms with Gasteiger partial charge in [-0.15, -0.1) is 0 Å². The maximum Gasteiger partial charge on any atom is 0.0889 e. The molecule has 6 rings (SSSR count). The van der Waals surface area contributed by atoms with Crippen LogP contribution in [-0.4, -0.2) is 9.97 Å². The lowest BCUT2D eigenvalue weighted by atomic mass is 9.70. The van der Waals surface area contributed by atoms with Gasteiger partial charge in [-0.1, -0.05) is 78.3 Å². The monoisotopic (exact) mass is 404 g/mol. The van der Waals surface area contributed by atoms with E-state index < -0.39 is 5.41 Å². The number of pyridine rings is 2. The Balaban J connectivity index is 1.80. The molecule has 5 aromatic rings. The molecule has 2 heterocycles. The summed E-state index contributed by atoms with van der Waals surface area (Å²) in [6.07, 6.45) is 3.63. The third kappa shape index (κ3) is 2.31. The fourth-order valence-electron chi connectivity index (χ4n) is 4.85. The molecule has 1 unspecified atom stereocenters. The van der Waals surface area contributed by atoms with Crippen LogP contribution in [0.4, 0.5) is 0 Å². The van der Waals surface area contributed by atoms with Crippen molar-refractivity contribution in [3.63, 3.8) is 0 Å². The highest BCUT2D eigenvalue weighted by molar-refractivity contribution is 6.30. The highest BCUT2D eigenvalue weighted by atomic mass is 35.5. The summed E-state index contributed by atoms with van der Waals surface area (Å²) >= 11 is 6.53. The summed E-state index contributed by atoms with van der Waals surface area (Å²) in [5, 5.41) is 1.80. The van der Waals surface area contributed by atoms with Crippen molar-refractivity contribution in [3.05, 3.63) is 131 Å². The van der Waals surface area contributed by atoms with Gasteiger partial charge in [0, 0.05) is 16.6 Å². The van der Waals surface area contributed by atoms with Crippen LogP contribution in [0.15, 0.2) is 103 Å². The van der Waals surface area contributed by atoms with Gasteiger partial charge in [-0.05, 0) is 52.1 Å². The Morgan fingerprint density at radius 3 is 2.40 bits per heavy atom. The van der Waals surface area contributed by atoms with E-state index in [0.29, 0.717) is 0 Å². The van der Waals surface area contributed by atoms with E-state index in [2.05, 4.69) is 83.8 Å². The molecule has 0 saturated heterocycles. The highest BCUT2D eigenvalue weighted by Gasteiger charge is 2.47. The molecule has 0 bridgehead atoms. The zero-order valence-electron chi connectivity index (χ0n) is 16.1. The van der Waals surface area contributed by atoms with E-state index in [4.69, 9.17) is 16.6 Å². The number of hydrogen-bond acceptors (Lipinski definition) is 2. The van der Waals surface area contributed by atoms with Gasteiger partial charge in [-0.3, -0.25) is 4.98 Å². The molecule has 0 aliphatic heterocycles. The lowest BCUT2D eigenvalue weighted by molar-refractivity contribution is 0.739. The van der Waals surface area contributed by atoms with Gasteiger partial charge in [0.25, 0.3) is 0 Å². The van der Waals surface area contributed by atoms with Gasteiger partial charge in [0.15, 0.2) is 0 Å². The Morgan fingerprint density at radius 1 is 0.700 bits per heavy atom. The Labute approximate surface area is 179 Å². The number of halogens is 1. The second-order valence-electron chi connectivity index (χ2n) is 7.62. The number of hydrogen-bond donors (Lipinski definition) is 0. The van der Waals surface area contributed by atoms with E-state index in [1.807, 2.05) is 18.3 Å². The molecule has 1 aliphatic carbocycles. The van der Waals surface area contributed by atoms with Crippen molar-refractivity contribution in [3.8, 4) is 11.1 Å². The molecule has 0 saturated carbocycles. The number of benzene rings is 3. The van der Waals surface area contributed by atoms with Crippen LogP contribution in [0.5, 0.6) is 0 Å². The minimum atomic E-state index is -0.540. The second-order valence-corrected chi connectivity index (χ2v) is 8.05. The fourth-order valence-corrected chi connectivity index (χ4v) is 5.02. The molecule has 3 heteroatoms. The molecule has 2 nitrogen and oxygen atoms in total. The van der Waals surface area contributed by atoms with Crippen molar-refractivity contribution >= 4 is 22.5 Å². The third-order valence-electron chi connectivity index (χ3n) is 6.09. The van der Waals surface area contributed by atoms with E-state index >= 15 is 0 Å². The Hall–Kier alpha value is -3.49. The smallest absolute Gasteiger partial charge is 0.0889 e. The van der Waals surface area contributed by atoms with Gasteiger partial charge in [-0.2, -0.15) is 0 Å². The average molecular weight is 405 g/mol. The molecular weight excluding hydrogens is 388 g/mol. The first-order chi connectivity index (χ1) is 14.8. The highest BCUT2D eigenvalue weighted by Crippen LogP contribution is 2.56. The maximum atomic E-state index is 6.53. The maximum absolute atomic E-state index is 6.53. The molecule has 3 aromatic carbocycles. The van der Waals surface area contributed by atoms with Crippen LogP contribution in [0.3, 0.4) is 0 Å². The van der Waals surface area contributed by atoms with Gasteiger partial charge >= 0.3 is 0 Å². The summed E-state index contributed by atoms with van der Waals surface area (Å²) < 4.78 is 0. The van der Waals surface area contributed by atoms with Crippen LogP contribution in [0, 0.1) is 0 Å². The van der Waals surface area contributed by atoms with Gasteiger partial charge in [0.1, 0.15) is 0 Å². The number of aromatic nitrogens is 2. The Morgan fingerprint density at radius 2 is 1.50 bits per heavy atom. The van der Waals surface area contributed by atoms with Crippen LogP contribution >= 0.6 is 11.6 Å². The molecule has 0 N–H and O–H groups in total. The molecule has 30 heavy (non-hydrogen) atoms. The molecular formula is C27H17ClN2. The predicted octanol–water partition coefficient (Wildman–Crippen LogP) is 6.65. The summed E-state index contributed by atoms with van der Waals surface area (Å²) in [6, 6.07) is 31.7. The van der Waals surface area contributed by atoms with Crippen molar-refractivity contribution in [2.45, 2.75) is 5.41 Å². The standard InChI is InChI=1S/C27H17ClN2/c28-20-11-12-22-21-8-4-5-9-23(21)27(24(22)16-20,19-6-2-1-3-7-19)26-13-10-18-14-15-29-17-25(18)30-26/h1-17H. The van der Waals surface area contributed by atoms with Crippen LogP contribution in [0.2, 0.25) is 5.02 Å². The van der Waals surface area contributed by atoms with Crippen LogP contribution in [0.1, 0.15) is 22.4 Å². The van der Waals surface area contributed by atoms with Gasteiger partial charge < -0.3 is 0 Å². The van der Waals surface area contributed by atoms with E-state index in [9.17, 15) is 0 Å². The van der Waals surface area contributed by atoms with Crippen LogP contribution in [-0.2, 0) is 5.41 Å². The quantitative estimate of drug-likeness (QED) is 0.323. The molecule has 0 radical (unpaired) electrons. The summed E-state index contributed by atoms with van der Waals surface area (Å²) in [5.41, 5.74) is 7.31. The minimum Gasteiger partial charge on any atom is -0.262 e. The summed E-state index contributed by atoms with van der Waals surface area (Å²) in [7, 11) is 0. The van der Waals surface area contributed by atoms with Crippen LogP contribution in [0.25, 0.3) is 22.0 Å². The molecule has 1 atom stereocenters. The zero-order chi connectivity index (χ0) is 20.1. The summed E-state index contributed by atoms with van der Waals surface area (Å²) in [6.45, 7) is 0. The Kier molecular flexibility index (Phi) is 3.77. The lowest BCUT2D eigenvalue weighted by Gasteiger charge is -2.32. The van der Waals surface area contributed by atoms with E-state index in [-0.39, 0.29) is 0 Å². The zero-order valence-corrected chi connectivity index (χ0v) is 16.8. The number of fused-ring (bicyclic) bond motifs is 4. The van der Waals surface area contributed by atoms with Crippen LogP contribution < -0.4 is 0 Å². The third-order valence-corrected chi connectivity index (χ3v) is 6.33. The van der Waals surface area contributed by atoms with Crippen molar-refractivity contribution in [2.24, 2.45) is 0 Å². The first-order valence-electron chi connectivity index (χ1n) is 9.95. The molecule has 142 valence electrons. The SMILES string of the molecule is Clc1ccc2c(c1)C(c1ccccc1)(c1ccc3ccncc3n1)c1ccccc1-2. The molecule has 0 spiro atoms. The lowest BCUT2D eigenvalue weighted by Crippen LogP contribution is -2.29. The molecule has 2 aromatic heterocycles. The number of nitrogens with zero attached hydrogens (tertiary/aromatic N) is 2. The van der Waals surface area contributed by atoms with E-state index in [0.717, 1.165) is 27.2 Å². The molecule has 1 aliphatic rings. The molecule has 0 amide bonds. The largest absolute Gasteiger partial charge is 0.262 e. The normalized spacial score (nSPS) is 17.0. The van der Waals surface area contributed by atoms with Crippen molar-refractivity contribution in [1.29, 1.82) is 0 Å². The summed E-state index contributed by atoms with van der Waals surface area (Å²) in [5.74, 6) is 0. The first kappa shape index (κ1) is 17.4. The fraction of sp³-hybridized carbons (Fsp3) is 0.0370. The summed E-state index contributed by atoms with van der Waals surface area (Å²) in [4.78, 5) is 9.42. The van der Waals surface area contributed by atoms with E-state index in [1.54, 1.807) is 6.20 Å².